The third kappa shape index (κ3) is 0.580. The van der Waals surface area contributed by atoms with Gasteiger partial charge < -0.3 is 0 Å². The second-order valence-electron chi connectivity index (χ2n) is 2.84. The van der Waals surface area contributed by atoms with Crippen molar-refractivity contribution in [2.24, 2.45) is 0 Å². The first-order valence-corrected chi connectivity index (χ1v) is 3.85. The zero-order valence-corrected chi connectivity index (χ0v) is 6.33. The van der Waals surface area contributed by atoms with Gasteiger partial charge in [-0.1, -0.05) is 24.3 Å². The second-order valence-corrected chi connectivity index (χ2v) is 2.84. The minimum Gasteiger partial charge on any atom is -0.283 e. The van der Waals surface area contributed by atoms with Crippen LogP contribution in [0, 0.1) is 0 Å². The van der Waals surface area contributed by atoms with Crippen molar-refractivity contribution in [2.45, 2.75) is 0 Å². The van der Waals surface area contributed by atoms with Gasteiger partial charge in [0.2, 0.25) is 0 Å². The number of fused-ring (bicyclic) bond motifs is 3. The van der Waals surface area contributed by atoms with Crippen molar-refractivity contribution in [1.29, 1.82) is 0 Å². The van der Waals surface area contributed by atoms with Crippen LogP contribution in [0.25, 0.3) is 22.2 Å². The van der Waals surface area contributed by atoms with E-state index in [1.807, 2.05) is 12.1 Å². The number of H-pyrrole nitrogens is 2. The summed E-state index contributed by atoms with van der Waals surface area (Å²) in [7, 11) is 0. The first kappa shape index (κ1) is 5.83. The normalized spacial score (nSPS) is 11.3. The third-order valence-corrected chi connectivity index (χ3v) is 2.13. The van der Waals surface area contributed by atoms with Crippen molar-refractivity contribution < 1.29 is 0 Å². The average Bonchev–Trinajstić information content (AvgIpc) is 2.62. The fraction of sp³-hybridized carbons (Fsp3) is 0. The second kappa shape index (κ2) is 1.88. The van der Waals surface area contributed by atoms with Gasteiger partial charge in [0.25, 0.3) is 0 Å². The fourth-order valence-corrected chi connectivity index (χ4v) is 1.57. The van der Waals surface area contributed by atoms with Crippen molar-refractivity contribution in [1.82, 2.24) is 15.4 Å². The molecule has 3 heteroatoms. The Labute approximate surface area is 68.7 Å². The van der Waals surface area contributed by atoms with Crippen LogP contribution in [-0.4, -0.2) is 15.4 Å². The van der Waals surface area contributed by atoms with Crippen molar-refractivity contribution >= 4 is 10.8 Å². The predicted molar refractivity (Wildman–Crippen MR) is 47.1 cm³/mol. The van der Waals surface area contributed by atoms with E-state index in [2.05, 4.69) is 33.6 Å². The Morgan fingerprint density at radius 3 is 3.08 bits per heavy atom. The first-order valence-electron chi connectivity index (χ1n) is 3.85. The fourth-order valence-electron chi connectivity index (χ4n) is 1.57. The minimum atomic E-state index is 1.02. The molecule has 3 rings (SSSR count). The first-order chi connectivity index (χ1) is 5.95. The van der Waals surface area contributed by atoms with Crippen molar-refractivity contribution in [2.75, 3.05) is 0 Å². The molecule has 0 unspecified atom stereocenters. The number of hydrogen-bond acceptors (Lipinski definition) is 1. The molecule has 1 aromatic carbocycles. The topological polar surface area (TPSA) is 44.5 Å². The molecule has 0 spiro atoms. The van der Waals surface area contributed by atoms with E-state index in [4.69, 9.17) is 0 Å². The average molecular weight is 157 g/mol. The molecule has 12 heavy (non-hydrogen) atoms. The van der Waals surface area contributed by atoms with Crippen LogP contribution in [0.15, 0.2) is 30.3 Å². The van der Waals surface area contributed by atoms with Crippen LogP contribution >= 0.6 is 0 Å². The van der Waals surface area contributed by atoms with E-state index in [0.717, 1.165) is 11.4 Å². The summed E-state index contributed by atoms with van der Waals surface area (Å²) >= 11 is 0. The van der Waals surface area contributed by atoms with Crippen LogP contribution in [0.1, 0.15) is 0 Å². The highest BCUT2D eigenvalue weighted by atomic mass is 15.3. The maximum absolute atomic E-state index is 4.13. The zero-order chi connectivity index (χ0) is 7.97. The molecule has 1 heterocycles. The van der Waals surface area contributed by atoms with Gasteiger partial charge in [0.1, 0.15) is 5.69 Å². The van der Waals surface area contributed by atoms with E-state index in [9.17, 15) is 0 Å². The lowest BCUT2D eigenvalue weighted by molar-refractivity contribution is 0.953. The molecule has 0 amide bonds. The summed E-state index contributed by atoms with van der Waals surface area (Å²) in [5.74, 6) is 0. The Kier molecular flexibility index (Phi) is 0.913. The number of benzene rings is 1. The van der Waals surface area contributed by atoms with Gasteiger partial charge in [-0.3, -0.25) is 5.10 Å². The highest BCUT2D eigenvalue weighted by molar-refractivity contribution is 5.99. The predicted octanol–water partition coefficient (Wildman–Crippen LogP) is 2.00. The van der Waals surface area contributed by atoms with Gasteiger partial charge in [-0.25, -0.2) is 5.21 Å². The van der Waals surface area contributed by atoms with Crippen molar-refractivity contribution in [3.05, 3.63) is 30.3 Å². The molecule has 0 aromatic heterocycles. The van der Waals surface area contributed by atoms with Crippen LogP contribution in [0.3, 0.4) is 0 Å². The van der Waals surface area contributed by atoms with Gasteiger partial charge in [-0.15, -0.1) is 0 Å². The highest BCUT2D eigenvalue weighted by Gasteiger charge is 2.10. The molecule has 0 fully saturated rings. The third-order valence-electron chi connectivity index (χ3n) is 2.13. The maximum Gasteiger partial charge on any atom is 0.118 e. The Morgan fingerprint density at radius 2 is 2.08 bits per heavy atom. The molecule has 2 N–H and O–H groups in total. The monoisotopic (exact) mass is 157 g/mol. The SMILES string of the molecule is c1ccc2c3n[nH][nH]c-3cc2c1. The Morgan fingerprint density at radius 1 is 1.17 bits per heavy atom. The maximum atomic E-state index is 4.13. The molecule has 58 valence electrons. The highest BCUT2D eigenvalue weighted by Crippen LogP contribution is 2.29. The minimum absolute atomic E-state index is 1.02. The van der Waals surface area contributed by atoms with Crippen molar-refractivity contribution in [3.8, 4) is 11.4 Å². The number of rotatable bonds is 0. The van der Waals surface area contributed by atoms with E-state index in [-0.39, 0.29) is 0 Å². The summed E-state index contributed by atoms with van der Waals surface area (Å²) < 4.78 is 0. The summed E-state index contributed by atoms with van der Waals surface area (Å²) in [6.45, 7) is 0. The smallest absolute Gasteiger partial charge is 0.118 e. The molecule has 1 aliphatic heterocycles. The molecule has 2 aliphatic rings. The molecule has 0 atom stereocenters. The number of hydrogen-bond donors (Lipinski definition) is 2. The van der Waals surface area contributed by atoms with Crippen LogP contribution in [-0.2, 0) is 0 Å². The zero-order valence-electron chi connectivity index (χ0n) is 6.33. The lowest BCUT2D eigenvalue weighted by atomic mass is 10.2. The quantitative estimate of drug-likeness (QED) is 0.515. The van der Waals surface area contributed by atoms with E-state index < -0.39 is 0 Å². The van der Waals surface area contributed by atoms with E-state index in [1.165, 1.54) is 10.8 Å². The van der Waals surface area contributed by atoms with Crippen LogP contribution in [0.5, 0.6) is 0 Å². The molecule has 0 saturated heterocycles. The Balaban J connectivity index is 2.59. The van der Waals surface area contributed by atoms with Crippen LogP contribution < -0.4 is 0 Å². The van der Waals surface area contributed by atoms with Gasteiger partial charge in [-0.2, -0.15) is 5.10 Å². The van der Waals surface area contributed by atoms with Gasteiger partial charge in [0, 0.05) is 5.39 Å². The number of aromatic nitrogens is 3. The number of nitrogens with one attached hydrogen (secondary N) is 2. The molecular formula is C9H7N3. The Hall–Kier alpha value is -1.77. The molecule has 3 nitrogen and oxygen atoms in total. The van der Waals surface area contributed by atoms with Gasteiger partial charge in [0.05, 0.1) is 5.69 Å². The molecule has 0 saturated carbocycles. The van der Waals surface area contributed by atoms with Crippen molar-refractivity contribution in [3.63, 3.8) is 0 Å². The lowest BCUT2D eigenvalue weighted by Crippen LogP contribution is -1.69. The van der Waals surface area contributed by atoms with Gasteiger partial charge in [0.15, 0.2) is 0 Å². The summed E-state index contributed by atoms with van der Waals surface area (Å²) in [5.41, 5.74) is 2.09. The largest absolute Gasteiger partial charge is 0.283 e. The molecule has 1 aromatic rings. The summed E-state index contributed by atoms with van der Waals surface area (Å²) in [4.78, 5) is 0. The van der Waals surface area contributed by atoms with Crippen LogP contribution in [0.4, 0.5) is 0 Å². The summed E-state index contributed by atoms with van der Waals surface area (Å²) in [5, 5.41) is 12.3. The lowest BCUT2D eigenvalue weighted by Gasteiger charge is -1.86. The Bertz CT molecular complexity index is 491. The van der Waals surface area contributed by atoms with E-state index in [1.54, 1.807) is 0 Å². The standard InChI is InChI=1S/C9H7N3/c1-2-4-7-6(3-1)5-8-9(7)11-12-10-8/h1-5,10,12H. The molecular weight excluding hydrogens is 150 g/mol. The molecule has 0 bridgehead atoms. The summed E-state index contributed by atoms with van der Waals surface area (Å²) in [6.07, 6.45) is 0. The van der Waals surface area contributed by atoms with Crippen LogP contribution in [0.2, 0.25) is 0 Å². The molecule has 0 radical (unpaired) electrons. The van der Waals surface area contributed by atoms with Gasteiger partial charge in [-0.05, 0) is 11.5 Å². The van der Waals surface area contributed by atoms with E-state index >= 15 is 0 Å². The summed E-state index contributed by atoms with van der Waals surface area (Å²) in [6, 6.07) is 10.3. The number of nitrogens with zero attached hydrogens (tertiary/aromatic N) is 1. The number of aromatic amines is 2. The van der Waals surface area contributed by atoms with Gasteiger partial charge >= 0.3 is 0 Å². The van der Waals surface area contributed by atoms with E-state index in [0.29, 0.717) is 0 Å². The molecule has 1 aliphatic carbocycles.